The van der Waals surface area contributed by atoms with Gasteiger partial charge in [0.25, 0.3) is 0 Å². The van der Waals surface area contributed by atoms with Gasteiger partial charge in [0.15, 0.2) is 0 Å². The molecule has 94 valence electrons. The smallest absolute Gasteiger partial charge is 0.0327 e. The minimum absolute atomic E-state index is 0.459. The maximum Gasteiger partial charge on any atom is 0.0327 e. The van der Waals surface area contributed by atoms with Gasteiger partial charge in [0.05, 0.1) is 0 Å². The topological polar surface area (TPSA) is 15.3 Å². The van der Waals surface area contributed by atoms with E-state index in [-0.39, 0.29) is 0 Å². The molecule has 0 aromatic carbocycles. The van der Waals surface area contributed by atoms with E-state index in [1.54, 1.807) is 0 Å². The van der Waals surface area contributed by atoms with Crippen molar-refractivity contribution in [1.29, 1.82) is 0 Å². The second kappa shape index (κ2) is 5.50. The first-order chi connectivity index (χ1) is 7.73. The molecule has 2 heteroatoms. The Morgan fingerprint density at radius 1 is 1.00 bits per heavy atom. The number of likely N-dealkylation sites (N-methyl/N-ethyl adjacent to an activating group) is 1. The molecule has 2 fully saturated rings. The number of hydrogen-bond acceptors (Lipinski definition) is 2. The molecule has 0 atom stereocenters. The molecule has 2 nitrogen and oxygen atoms in total. The third-order valence-electron chi connectivity index (χ3n) is 4.81. The number of hydrogen-bond donors (Lipinski definition) is 1. The summed E-state index contributed by atoms with van der Waals surface area (Å²) < 4.78 is 0. The van der Waals surface area contributed by atoms with E-state index in [4.69, 9.17) is 0 Å². The maximum absolute atomic E-state index is 3.83. The third kappa shape index (κ3) is 2.78. The first-order valence-corrected chi connectivity index (χ1v) is 7.14. The molecule has 2 saturated carbocycles. The van der Waals surface area contributed by atoms with Crippen LogP contribution in [0.2, 0.25) is 0 Å². The SMILES string of the molecule is CN(C)C1(CNC2CCCC2)CCCCC1. The van der Waals surface area contributed by atoms with Crippen LogP contribution in [0.5, 0.6) is 0 Å². The van der Waals surface area contributed by atoms with E-state index in [2.05, 4.69) is 24.3 Å². The van der Waals surface area contributed by atoms with Crippen molar-refractivity contribution in [3.63, 3.8) is 0 Å². The first-order valence-electron chi connectivity index (χ1n) is 7.14. The van der Waals surface area contributed by atoms with E-state index in [9.17, 15) is 0 Å². The van der Waals surface area contributed by atoms with Crippen molar-refractivity contribution in [2.24, 2.45) is 0 Å². The standard InChI is InChI=1S/C14H28N2/c1-16(2)14(10-6-3-7-11-14)12-15-13-8-4-5-9-13/h13,15H,3-12H2,1-2H3. The molecular formula is C14H28N2. The number of rotatable bonds is 4. The monoisotopic (exact) mass is 224 g/mol. The molecule has 0 aliphatic heterocycles. The van der Waals surface area contributed by atoms with E-state index in [0.29, 0.717) is 5.54 Å². The highest BCUT2D eigenvalue weighted by Gasteiger charge is 2.34. The van der Waals surface area contributed by atoms with Gasteiger partial charge in [-0.25, -0.2) is 0 Å². The molecule has 16 heavy (non-hydrogen) atoms. The molecule has 0 aromatic rings. The van der Waals surface area contributed by atoms with E-state index < -0.39 is 0 Å². The molecule has 0 aromatic heterocycles. The average molecular weight is 224 g/mol. The van der Waals surface area contributed by atoms with Crippen molar-refractivity contribution >= 4 is 0 Å². The molecule has 0 bridgehead atoms. The summed E-state index contributed by atoms with van der Waals surface area (Å²) in [6, 6.07) is 0.818. The average Bonchev–Trinajstić information content (AvgIpc) is 2.80. The van der Waals surface area contributed by atoms with Gasteiger partial charge in [0.1, 0.15) is 0 Å². The Kier molecular flexibility index (Phi) is 4.26. The normalized spacial score (nSPS) is 26.4. The van der Waals surface area contributed by atoms with Crippen LogP contribution in [0, 0.1) is 0 Å². The van der Waals surface area contributed by atoms with Crippen LogP contribution in [0.15, 0.2) is 0 Å². The molecule has 0 amide bonds. The maximum atomic E-state index is 3.83. The predicted molar refractivity (Wildman–Crippen MR) is 69.8 cm³/mol. The molecule has 1 N–H and O–H groups in total. The Bertz CT molecular complexity index is 201. The summed E-state index contributed by atoms with van der Waals surface area (Å²) in [6.07, 6.45) is 12.7. The number of nitrogens with zero attached hydrogens (tertiary/aromatic N) is 1. The third-order valence-corrected chi connectivity index (χ3v) is 4.81. The Balaban J connectivity index is 1.86. The van der Waals surface area contributed by atoms with E-state index in [1.165, 1.54) is 64.3 Å². The van der Waals surface area contributed by atoms with Crippen LogP contribution >= 0.6 is 0 Å². The molecule has 2 aliphatic rings. The summed E-state index contributed by atoms with van der Waals surface area (Å²) in [5.74, 6) is 0. The van der Waals surface area contributed by atoms with E-state index >= 15 is 0 Å². The van der Waals surface area contributed by atoms with Crippen LogP contribution in [-0.4, -0.2) is 37.1 Å². The van der Waals surface area contributed by atoms with Crippen LogP contribution in [0.4, 0.5) is 0 Å². The van der Waals surface area contributed by atoms with Gasteiger partial charge >= 0.3 is 0 Å². The summed E-state index contributed by atoms with van der Waals surface area (Å²) in [5, 5.41) is 3.83. The summed E-state index contributed by atoms with van der Waals surface area (Å²) in [4.78, 5) is 2.48. The largest absolute Gasteiger partial charge is 0.312 e. The fraction of sp³-hybridized carbons (Fsp3) is 1.00. The van der Waals surface area contributed by atoms with Gasteiger partial charge < -0.3 is 10.2 Å². The van der Waals surface area contributed by atoms with Crippen molar-refractivity contribution < 1.29 is 0 Å². The quantitative estimate of drug-likeness (QED) is 0.790. The fourth-order valence-electron chi connectivity index (χ4n) is 3.46. The lowest BCUT2D eigenvalue weighted by Gasteiger charge is -2.44. The van der Waals surface area contributed by atoms with Crippen LogP contribution in [0.25, 0.3) is 0 Å². The lowest BCUT2D eigenvalue weighted by atomic mass is 9.80. The van der Waals surface area contributed by atoms with Crippen molar-refractivity contribution in [3.05, 3.63) is 0 Å². The van der Waals surface area contributed by atoms with Crippen molar-refractivity contribution in [2.75, 3.05) is 20.6 Å². The zero-order valence-corrected chi connectivity index (χ0v) is 11.1. The minimum atomic E-state index is 0.459. The minimum Gasteiger partial charge on any atom is -0.312 e. The molecule has 0 spiro atoms. The fourth-order valence-corrected chi connectivity index (χ4v) is 3.46. The highest BCUT2D eigenvalue weighted by atomic mass is 15.2. The molecule has 0 unspecified atom stereocenters. The predicted octanol–water partition coefficient (Wildman–Crippen LogP) is 2.78. The number of nitrogens with one attached hydrogen (secondary N) is 1. The zero-order chi connectivity index (χ0) is 11.4. The zero-order valence-electron chi connectivity index (χ0n) is 11.1. The van der Waals surface area contributed by atoms with Gasteiger partial charge in [0, 0.05) is 18.1 Å². The van der Waals surface area contributed by atoms with Gasteiger partial charge in [0.2, 0.25) is 0 Å². The van der Waals surface area contributed by atoms with E-state index in [1.807, 2.05) is 0 Å². The lowest BCUT2D eigenvalue weighted by molar-refractivity contribution is 0.0954. The van der Waals surface area contributed by atoms with Crippen molar-refractivity contribution in [1.82, 2.24) is 10.2 Å². The highest BCUT2D eigenvalue weighted by Crippen LogP contribution is 2.32. The molecule has 0 heterocycles. The molecule has 0 saturated heterocycles. The summed E-state index contributed by atoms with van der Waals surface area (Å²) >= 11 is 0. The van der Waals surface area contributed by atoms with Crippen LogP contribution < -0.4 is 5.32 Å². The Labute approximate surface area is 101 Å². The second-order valence-electron chi connectivity index (χ2n) is 6.04. The molecule has 2 aliphatic carbocycles. The van der Waals surface area contributed by atoms with Crippen LogP contribution in [-0.2, 0) is 0 Å². The van der Waals surface area contributed by atoms with Crippen molar-refractivity contribution in [2.45, 2.75) is 69.4 Å². The molecule has 0 radical (unpaired) electrons. The highest BCUT2D eigenvalue weighted by molar-refractivity contribution is 4.93. The van der Waals surface area contributed by atoms with Gasteiger partial charge in [-0.1, -0.05) is 32.1 Å². The summed E-state index contributed by atoms with van der Waals surface area (Å²) in [7, 11) is 4.53. The van der Waals surface area contributed by atoms with Gasteiger partial charge in [-0.05, 0) is 39.8 Å². The Morgan fingerprint density at radius 3 is 2.19 bits per heavy atom. The van der Waals surface area contributed by atoms with Crippen LogP contribution in [0.1, 0.15) is 57.8 Å². The van der Waals surface area contributed by atoms with Gasteiger partial charge in [-0.15, -0.1) is 0 Å². The van der Waals surface area contributed by atoms with Gasteiger partial charge in [-0.2, -0.15) is 0 Å². The summed E-state index contributed by atoms with van der Waals surface area (Å²) in [5.41, 5.74) is 0.459. The van der Waals surface area contributed by atoms with Gasteiger partial charge in [-0.3, -0.25) is 0 Å². The van der Waals surface area contributed by atoms with E-state index in [0.717, 1.165) is 6.04 Å². The van der Waals surface area contributed by atoms with Crippen LogP contribution in [0.3, 0.4) is 0 Å². The second-order valence-corrected chi connectivity index (χ2v) is 6.04. The lowest BCUT2D eigenvalue weighted by Crippen LogP contribution is -2.54. The Hall–Kier alpha value is -0.0800. The van der Waals surface area contributed by atoms with Crippen molar-refractivity contribution in [3.8, 4) is 0 Å². The Morgan fingerprint density at radius 2 is 1.62 bits per heavy atom. The molecule has 2 rings (SSSR count). The summed E-state index contributed by atoms with van der Waals surface area (Å²) in [6.45, 7) is 1.21. The first kappa shape index (κ1) is 12.4. The molecular weight excluding hydrogens is 196 g/mol.